The van der Waals surface area contributed by atoms with Crippen LogP contribution in [0.15, 0.2) is 69.4 Å². The molecule has 15 heteroatoms. The molecular weight excluding hydrogens is 598 g/mol. The summed E-state index contributed by atoms with van der Waals surface area (Å²) in [5, 5.41) is 25.7. The zero-order chi connectivity index (χ0) is 28.7. The smallest absolute Gasteiger partial charge is 0.283 e. The number of hydrogen-bond donors (Lipinski definition) is 1. The van der Waals surface area contributed by atoms with Crippen molar-refractivity contribution < 1.29 is 19.4 Å². The van der Waals surface area contributed by atoms with E-state index in [1.807, 2.05) is 0 Å². The zero-order valence-corrected chi connectivity index (χ0v) is 23.3. The van der Waals surface area contributed by atoms with Gasteiger partial charge in [-0.15, -0.1) is 11.3 Å². The highest BCUT2D eigenvalue weighted by Crippen LogP contribution is 2.40. The van der Waals surface area contributed by atoms with Gasteiger partial charge in [0.15, 0.2) is 9.45 Å². The molecule has 0 radical (unpaired) electrons. The van der Waals surface area contributed by atoms with Crippen molar-refractivity contribution in [1.82, 2.24) is 10.3 Å². The molecule has 1 fully saturated rings. The predicted octanol–water partition coefficient (Wildman–Crippen LogP) is 6.06. The third-order valence-corrected chi connectivity index (χ3v) is 8.60. The standard InChI is InChI=1S/C25H14ClN5O6S3/c1-12-2-4-14(10-17(12)26)29-23(33)16(22(32)28-24(29)38)8-13-3-7-20(19(9-13)31(36)37)39-25-27-18-6-5-15(30(34)35)11-21(18)40-25/h2-11H,1H3,(H,28,32,38)/b16-8+. The van der Waals surface area contributed by atoms with Gasteiger partial charge in [0.2, 0.25) is 0 Å². The number of nitrogens with one attached hydrogen (secondary N) is 1. The van der Waals surface area contributed by atoms with Gasteiger partial charge in [-0.3, -0.25) is 40.0 Å². The van der Waals surface area contributed by atoms with Crippen molar-refractivity contribution in [1.29, 1.82) is 0 Å². The number of nitro groups is 2. The highest BCUT2D eigenvalue weighted by atomic mass is 35.5. The van der Waals surface area contributed by atoms with Crippen LogP contribution in [0, 0.1) is 27.2 Å². The van der Waals surface area contributed by atoms with Gasteiger partial charge in [0.25, 0.3) is 23.2 Å². The number of amides is 2. The number of halogens is 1. The summed E-state index contributed by atoms with van der Waals surface area (Å²) in [6.07, 6.45) is 1.25. The van der Waals surface area contributed by atoms with Gasteiger partial charge in [0.05, 0.1) is 30.6 Å². The molecule has 1 aliphatic rings. The maximum atomic E-state index is 13.3. The SMILES string of the molecule is Cc1ccc(N2C(=O)/C(=C/c3ccc(Sc4nc5ccc([N+](=O)[O-])cc5s4)c([N+](=O)[O-])c3)C(=O)NC2=S)cc1Cl. The number of fused-ring (bicyclic) bond motifs is 1. The van der Waals surface area contributed by atoms with Crippen LogP contribution in [0.5, 0.6) is 0 Å². The van der Waals surface area contributed by atoms with Crippen molar-refractivity contribution in [3.63, 3.8) is 0 Å². The molecule has 0 atom stereocenters. The molecule has 1 N–H and O–H groups in total. The fraction of sp³-hybridized carbons (Fsp3) is 0.0400. The highest BCUT2D eigenvalue weighted by Gasteiger charge is 2.35. The van der Waals surface area contributed by atoms with Crippen LogP contribution in [0.4, 0.5) is 17.1 Å². The van der Waals surface area contributed by atoms with Gasteiger partial charge in [-0.05, 0) is 60.6 Å². The van der Waals surface area contributed by atoms with Gasteiger partial charge in [-0.2, -0.15) is 0 Å². The van der Waals surface area contributed by atoms with Crippen molar-refractivity contribution in [2.24, 2.45) is 0 Å². The number of nitro benzene ring substituents is 2. The Labute approximate surface area is 243 Å². The molecule has 11 nitrogen and oxygen atoms in total. The monoisotopic (exact) mass is 611 g/mol. The molecule has 1 aromatic heterocycles. The van der Waals surface area contributed by atoms with Gasteiger partial charge >= 0.3 is 0 Å². The molecule has 4 aromatic rings. The van der Waals surface area contributed by atoms with Crippen molar-refractivity contribution in [2.75, 3.05) is 4.90 Å². The third-order valence-electron chi connectivity index (χ3n) is 5.77. The number of rotatable bonds is 6. The molecule has 40 heavy (non-hydrogen) atoms. The van der Waals surface area contributed by atoms with E-state index < -0.39 is 21.7 Å². The first-order valence-electron chi connectivity index (χ1n) is 11.2. The maximum Gasteiger partial charge on any atom is 0.283 e. The number of anilines is 1. The molecule has 0 aliphatic carbocycles. The summed E-state index contributed by atoms with van der Waals surface area (Å²) in [7, 11) is 0. The number of aryl methyl sites for hydroxylation is 1. The summed E-state index contributed by atoms with van der Waals surface area (Å²) in [4.78, 5) is 53.6. The lowest BCUT2D eigenvalue weighted by Crippen LogP contribution is -2.54. The molecule has 5 rings (SSSR count). The lowest BCUT2D eigenvalue weighted by Gasteiger charge is -2.29. The number of thiazole rings is 1. The quantitative estimate of drug-likeness (QED) is 0.0903. The Hall–Kier alpha value is -4.24. The first-order valence-corrected chi connectivity index (χ1v) is 13.6. The Bertz CT molecular complexity index is 1820. The van der Waals surface area contributed by atoms with Crippen LogP contribution in [0.3, 0.4) is 0 Å². The molecule has 3 aromatic carbocycles. The van der Waals surface area contributed by atoms with E-state index in [4.69, 9.17) is 23.8 Å². The molecule has 2 heterocycles. The van der Waals surface area contributed by atoms with E-state index in [0.717, 1.165) is 22.2 Å². The second-order valence-electron chi connectivity index (χ2n) is 8.37. The van der Waals surface area contributed by atoms with Gasteiger partial charge in [-0.1, -0.05) is 35.5 Å². The molecule has 0 unspecified atom stereocenters. The molecule has 200 valence electrons. The Morgan fingerprint density at radius 2 is 1.85 bits per heavy atom. The Kier molecular flexibility index (Phi) is 7.33. The molecule has 1 aliphatic heterocycles. The normalized spacial score (nSPS) is 14.6. The molecular formula is C25H14ClN5O6S3. The van der Waals surface area contributed by atoms with E-state index in [-0.39, 0.29) is 32.5 Å². The minimum atomic E-state index is -0.742. The average Bonchev–Trinajstić information content (AvgIpc) is 3.30. The summed E-state index contributed by atoms with van der Waals surface area (Å²) in [6.45, 7) is 1.80. The number of thiocarbonyl (C=S) groups is 1. The minimum absolute atomic E-state index is 0.0813. The van der Waals surface area contributed by atoms with Crippen LogP contribution in [-0.4, -0.2) is 31.8 Å². The fourth-order valence-electron chi connectivity index (χ4n) is 3.78. The van der Waals surface area contributed by atoms with Crippen molar-refractivity contribution in [2.45, 2.75) is 16.2 Å². The largest absolute Gasteiger partial charge is 0.298 e. The topological polar surface area (TPSA) is 149 Å². The summed E-state index contributed by atoms with van der Waals surface area (Å²) >= 11 is 13.6. The minimum Gasteiger partial charge on any atom is -0.298 e. The lowest BCUT2D eigenvalue weighted by molar-refractivity contribution is -0.387. The summed E-state index contributed by atoms with van der Waals surface area (Å²) in [6, 6.07) is 13.4. The van der Waals surface area contributed by atoms with E-state index in [0.29, 0.717) is 25.3 Å². The van der Waals surface area contributed by atoms with Crippen LogP contribution in [-0.2, 0) is 9.59 Å². The average molecular weight is 612 g/mol. The third kappa shape index (κ3) is 5.29. The van der Waals surface area contributed by atoms with Gasteiger partial charge in [0.1, 0.15) is 5.57 Å². The number of benzene rings is 3. The number of carbonyl (C=O) groups is 2. The Morgan fingerprint density at radius 1 is 1.07 bits per heavy atom. The Morgan fingerprint density at radius 3 is 2.55 bits per heavy atom. The first kappa shape index (κ1) is 27.3. The Balaban J connectivity index is 1.47. The molecule has 1 saturated heterocycles. The van der Waals surface area contributed by atoms with E-state index in [1.54, 1.807) is 25.1 Å². The first-order chi connectivity index (χ1) is 19.0. The van der Waals surface area contributed by atoms with Crippen molar-refractivity contribution in [3.8, 4) is 0 Å². The van der Waals surface area contributed by atoms with Crippen LogP contribution >= 0.6 is 46.9 Å². The molecule has 0 saturated carbocycles. The fourth-order valence-corrected chi connectivity index (χ4v) is 6.37. The van der Waals surface area contributed by atoms with Crippen LogP contribution in [0.25, 0.3) is 16.3 Å². The van der Waals surface area contributed by atoms with Crippen LogP contribution in [0.1, 0.15) is 11.1 Å². The van der Waals surface area contributed by atoms with Crippen molar-refractivity contribution in [3.05, 3.63) is 96.5 Å². The van der Waals surface area contributed by atoms with E-state index in [2.05, 4.69) is 10.3 Å². The summed E-state index contributed by atoms with van der Waals surface area (Å²) in [5.74, 6) is -1.45. The highest BCUT2D eigenvalue weighted by molar-refractivity contribution is 8.01. The number of non-ortho nitro benzene ring substituents is 1. The zero-order valence-electron chi connectivity index (χ0n) is 20.1. The molecule has 0 spiro atoms. The summed E-state index contributed by atoms with van der Waals surface area (Å²) in [5.41, 5.74) is 1.29. The molecule has 2 amide bonds. The number of aromatic nitrogens is 1. The van der Waals surface area contributed by atoms with Gasteiger partial charge < -0.3 is 0 Å². The lowest BCUT2D eigenvalue weighted by atomic mass is 10.1. The number of carbonyl (C=O) groups excluding carboxylic acids is 2. The maximum absolute atomic E-state index is 13.3. The van der Waals surface area contributed by atoms with Gasteiger partial charge in [0, 0.05) is 23.2 Å². The predicted molar refractivity (Wildman–Crippen MR) is 156 cm³/mol. The van der Waals surface area contributed by atoms with E-state index in [9.17, 15) is 29.8 Å². The second kappa shape index (κ2) is 10.7. The number of nitrogens with zero attached hydrogens (tertiary/aromatic N) is 4. The van der Waals surface area contributed by atoms with Gasteiger partial charge in [-0.25, -0.2) is 4.98 Å². The number of hydrogen-bond acceptors (Lipinski definition) is 10. The molecule has 0 bridgehead atoms. The van der Waals surface area contributed by atoms with Crippen LogP contribution in [0.2, 0.25) is 5.02 Å². The van der Waals surface area contributed by atoms with E-state index >= 15 is 0 Å². The van der Waals surface area contributed by atoms with Crippen molar-refractivity contribution >= 4 is 97.2 Å². The van der Waals surface area contributed by atoms with E-state index in [1.165, 1.54) is 53.8 Å². The second-order valence-corrected chi connectivity index (χ2v) is 11.5. The summed E-state index contributed by atoms with van der Waals surface area (Å²) < 4.78 is 1.02. The van der Waals surface area contributed by atoms with Crippen LogP contribution < -0.4 is 10.2 Å².